The van der Waals surface area contributed by atoms with Gasteiger partial charge in [-0.25, -0.2) is 0 Å². The van der Waals surface area contributed by atoms with Gasteiger partial charge in [0.1, 0.15) is 0 Å². The molecule has 0 aromatic carbocycles. The number of aliphatic imine (C=N–C) groups is 1. The van der Waals surface area contributed by atoms with Crippen molar-refractivity contribution in [2.75, 3.05) is 39.8 Å². The number of nitrogens with one attached hydrogen (secondary N) is 2. The summed E-state index contributed by atoms with van der Waals surface area (Å²) in [6, 6.07) is 0.449. The van der Waals surface area contributed by atoms with Crippen molar-refractivity contribution in [1.82, 2.24) is 15.5 Å². The van der Waals surface area contributed by atoms with E-state index < -0.39 is 0 Å². The van der Waals surface area contributed by atoms with Crippen LogP contribution in [0.3, 0.4) is 0 Å². The van der Waals surface area contributed by atoms with Crippen LogP contribution in [0.25, 0.3) is 0 Å². The van der Waals surface area contributed by atoms with E-state index in [1.807, 2.05) is 7.05 Å². The van der Waals surface area contributed by atoms with Crippen LogP contribution in [0.4, 0.5) is 0 Å². The van der Waals surface area contributed by atoms with Crippen molar-refractivity contribution in [3.05, 3.63) is 0 Å². The maximum Gasteiger partial charge on any atom is 0.191 e. The second-order valence-corrected chi connectivity index (χ2v) is 6.14. The Labute approximate surface area is 136 Å². The molecule has 22 heavy (non-hydrogen) atoms. The van der Waals surface area contributed by atoms with Crippen molar-refractivity contribution in [3.63, 3.8) is 0 Å². The Kier molecular flexibility index (Phi) is 10.2. The number of nitrogens with zero attached hydrogens (tertiary/aromatic N) is 2. The van der Waals surface area contributed by atoms with Crippen LogP contribution in [-0.4, -0.2) is 62.8 Å². The highest BCUT2D eigenvalue weighted by atomic mass is 16.5. The normalized spacial score (nSPS) is 20.4. The van der Waals surface area contributed by atoms with E-state index in [1.165, 1.54) is 32.2 Å². The van der Waals surface area contributed by atoms with Crippen molar-refractivity contribution in [2.24, 2.45) is 4.99 Å². The number of ether oxygens (including phenoxy) is 1. The fraction of sp³-hybridized carbons (Fsp3) is 0.941. The zero-order chi connectivity index (χ0) is 16.2. The smallest absolute Gasteiger partial charge is 0.191 e. The van der Waals surface area contributed by atoms with E-state index in [9.17, 15) is 0 Å². The van der Waals surface area contributed by atoms with Crippen LogP contribution in [-0.2, 0) is 4.74 Å². The Morgan fingerprint density at radius 2 is 2.14 bits per heavy atom. The minimum Gasteiger partial charge on any atom is -0.378 e. The number of guanidine groups is 1. The van der Waals surface area contributed by atoms with E-state index in [-0.39, 0.29) is 0 Å². The van der Waals surface area contributed by atoms with E-state index >= 15 is 0 Å². The quantitative estimate of drug-likeness (QED) is 0.480. The van der Waals surface area contributed by atoms with Gasteiger partial charge >= 0.3 is 0 Å². The highest BCUT2D eigenvalue weighted by molar-refractivity contribution is 5.79. The highest BCUT2D eigenvalue weighted by Gasteiger charge is 2.15. The Hall–Kier alpha value is -0.810. The summed E-state index contributed by atoms with van der Waals surface area (Å²) >= 11 is 0. The standard InChI is InChI=1S/C17H36N4O/c1-5-21(6-2)13-7-9-15(3)20-17(18-4)19-12-11-16-10-8-14-22-16/h15-16H,5-14H2,1-4H3,(H2,18,19,20). The average Bonchev–Trinajstić information content (AvgIpc) is 3.04. The maximum absolute atomic E-state index is 5.64. The van der Waals surface area contributed by atoms with Crippen LogP contribution in [0, 0.1) is 0 Å². The molecule has 0 spiro atoms. The molecule has 1 fully saturated rings. The number of hydrogen-bond donors (Lipinski definition) is 2. The molecule has 1 heterocycles. The molecule has 0 amide bonds. The van der Waals surface area contributed by atoms with Crippen LogP contribution < -0.4 is 10.6 Å². The SMILES string of the molecule is CCN(CC)CCCC(C)NC(=NC)NCCC1CCCO1. The fourth-order valence-electron chi connectivity index (χ4n) is 2.88. The summed E-state index contributed by atoms with van der Waals surface area (Å²) < 4.78 is 5.64. The lowest BCUT2D eigenvalue weighted by molar-refractivity contribution is 0.105. The topological polar surface area (TPSA) is 48.9 Å². The van der Waals surface area contributed by atoms with Crippen LogP contribution in [0.15, 0.2) is 4.99 Å². The lowest BCUT2D eigenvalue weighted by atomic mass is 10.1. The minimum atomic E-state index is 0.442. The zero-order valence-electron chi connectivity index (χ0n) is 15.0. The predicted molar refractivity (Wildman–Crippen MR) is 94.6 cm³/mol. The second kappa shape index (κ2) is 11.7. The average molecular weight is 313 g/mol. The molecule has 2 atom stereocenters. The molecule has 1 saturated heterocycles. The van der Waals surface area contributed by atoms with Gasteiger partial charge in [0.25, 0.3) is 0 Å². The molecule has 2 N–H and O–H groups in total. The van der Waals surface area contributed by atoms with Gasteiger partial charge in [0.05, 0.1) is 6.10 Å². The van der Waals surface area contributed by atoms with E-state index in [0.717, 1.165) is 38.6 Å². The third-order valence-electron chi connectivity index (χ3n) is 4.40. The van der Waals surface area contributed by atoms with Crippen molar-refractivity contribution in [2.45, 2.75) is 65.0 Å². The Bertz CT molecular complexity index is 299. The van der Waals surface area contributed by atoms with Crippen LogP contribution >= 0.6 is 0 Å². The van der Waals surface area contributed by atoms with Crippen LogP contribution in [0.1, 0.15) is 52.9 Å². The first-order valence-electron chi connectivity index (χ1n) is 9.00. The highest BCUT2D eigenvalue weighted by Crippen LogP contribution is 2.14. The molecule has 0 aromatic rings. The summed E-state index contributed by atoms with van der Waals surface area (Å²) in [5, 5.41) is 6.88. The van der Waals surface area contributed by atoms with Gasteiger partial charge in [0, 0.05) is 26.2 Å². The Morgan fingerprint density at radius 3 is 2.73 bits per heavy atom. The molecule has 1 aliphatic rings. The molecule has 5 heteroatoms. The summed E-state index contributed by atoms with van der Waals surface area (Å²) in [7, 11) is 1.84. The molecule has 0 radical (unpaired) electrons. The molecule has 1 aliphatic heterocycles. The van der Waals surface area contributed by atoms with Gasteiger partial charge in [-0.05, 0) is 58.7 Å². The van der Waals surface area contributed by atoms with Gasteiger partial charge in [-0.1, -0.05) is 13.8 Å². The Balaban J connectivity index is 2.12. The molecular formula is C17H36N4O. The first kappa shape index (κ1) is 19.2. The molecule has 0 saturated carbocycles. The largest absolute Gasteiger partial charge is 0.378 e. The van der Waals surface area contributed by atoms with Gasteiger partial charge < -0.3 is 20.3 Å². The van der Waals surface area contributed by atoms with Crippen LogP contribution in [0.5, 0.6) is 0 Å². The van der Waals surface area contributed by atoms with Gasteiger partial charge in [0.15, 0.2) is 5.96 Å². The van der Waals surface area contributed by atoms with E-state index in [4.69, 9.17) is 4.74 Å². The molecule has 5 nitrogen and oxygen atoms in total. The van der Waals surface area contributed by atoms with Crippen molar-refractivity contribution < 1.29 is 4.74 Å². The summed E-state index contributed by atoms with van der Waals surface area (Å²) in [5.41, 5.74) is 0. The number of hydrogen-bond acceptors (Lipinski definition) is 3. The summed E-state index contributed by atoms with van der Waals surface area (Å²) in [6.45, 7) is 12.0. The third kappa shape index (κ3) is 7.99. The molecule has 0 bridgehead atoms. The molecular weight excluding hydrogens is 276 g/mol. The lowest BCUT2D eigenvalue weighted by Crippen LogP contribution is -2.43. The maximum atomic E-state index is 5.64. The van der Waals surface area contributed by atoms with Gasteiger partial charge in [-0.3, -0.25) is 4.99 Å². The number of rotatable bonds is 10. The minimum absolute atomic E-state index is 0.442. The molecule has 2 unspecified atom stereocenters. The van der Waals surface area contributed by atoms with Gasteiger partial charge in [-0.15, -0.1) is 0 Å². The van der Waals surface area contributed by atoms with E-state index in [0.29, 0.717) is 12.1 Å². The predicted octanol–water partition coefficient (Wildman–Crippen LogP) is 2.23. The molecule has 1 rings (SSSR count). The molecule has 130 valence electrons. The first-order chi connectivity index (χ1) is 10.7. The van der Waals surface area contributed by atoms with E-state index in [2.05, 4.69) is 41.3 Å². The molecule has 0 aromatic heterocycles. The second-order valence-electron chi connectivity index (χ2n) is 6.14. The third-order valence-corrected chi connectivity index (χ3v) is 4.40. The van der Waals surface area contributed by atoms with Gasteiger partial charge in [-0.2, -0.15) is 0 Å². The monoisotopic (exact) mass is 312 g/mol. The summed E-state index contributed by atoms with van der Waals surface area (Å²) in [5.74, 6) is 0.910. The van der Waals surface area contributed by atoms with Crippen molar-refractivity contribution >= 4 is 5.96 Å². The van der Waals surface area contributed by atoms with Crippen molar-refractivity contribution in [1.29, 1.82) is 0 Å². The van der Waals surface area contributed by atoms with Crippen LogP contribution in [0.2, 0.25) is 0 Å². The van der Waals surface area contributed by atoms with E-state index in [1.54, 1.807) is 0 Å². The first-order valence-corrected chi connectivity index (χ1v) is 9.00. The van der Waals surface area contributed by atoms with Crippen molar-refractivity contribution in [3.8, 4) is 0 Å². The lowest BCUT2D eigenvalue weighted by Gasteiger charge is -2.21. The van der Waals surface area contributed by atoms with Gasteiger partial charge in [0.2, 0.25) is 0 Å². The summed E-state index contributed by atoms with van der Waals surface area (Å²) in [6.07, 6.45) is 6.32. The zero-order valence-corrected chi connectivity index (χ0v) is 15.0. The fourth-order valence-corrected chi connectivity index (χ4v) is 2.88. The summed E-state index contributed by atoms with van der Waals surface area (Å²) in [4.78, 5) is 6.78. The Morgan fingerprint density at radius 1 is 1.36 bits per heavy atom. The molecule has 0 aliphatic carbocycles.